The van der Waals surface area contributed by atoms with E-state index in [1.165, 1.54) is 24.8 Å². The van der Waals surface area contributed by atoms with Crippen molar-refractivity contribution in [2.45, 2.75) is 77.3 Å². The van der Waals surface area contributed by atoms with Crippen molar-refractivity contribution in [2.24, 2.45) is 10.9 Å². The summed E-state index contributed by atoms with van der Waals surface area (Å²) in [6, 6.07) is 8.12. The zero-order valence-electron chi connectivity index (χ0n) is 27.0. The summed E-state index contributed by atoms with van der Waals surface area (Å²) in [5.74, 6) is 2.24. The number of aromatic nitrogens is 2. The summed E-state index contributed by atoms with van der Waals surface area (Å²) in [5, 5.41) is 6.28. The number of amides is 2. The lowest BCUT2D eigenvalue weighted by Crippen LogP contribution is -2.51. The topological polar surface area (TPSA) is 130 Å². The third-order valence-electron chi connectivity index (χ3n) is 10.1. The molecule has 0 bridgehead atoms. The van der Waals surface area contributed by atoms with Gasteiger partial charge in [-0.3, -0.25) is 9.79 Å². The average molecular weight is 637 g/mol. The third-order valence-corrected chi connectivity index (χ3v) is 10.1. The van der Waals surface area contributed by atoms with Crippen LogP contribution in [0.1, 0.15) is 74.5 Å². The van der Waals surface area contributed by atoms with Gasteiger partial charge in [0.1, 0.15) is 36.6 Å². The van der Waals surface area contributed by atoms with Gasteiger partial charge >= 0.3 is 6.09 Å². The molecule has 1 aromatic heterocycles. The number of alkyl carbamates (subject to hydrolysis) is 1. The molecule has 2 fully saturated rings. The number of rotatable bonds is 7. The van der Waals surface area contributed by atoms with Crippen LogP contribution in [0.4, 0.5) is 4.79 Å². The standard InChI is InChI=1S/C36H40N6O5/c1-19(2)33(41-36(44)45-3)35(43)42-9-5-7-28(42)34-39-16-27(40-34)21-11-24-18-46-29-13-20(10-23-17-47-30(14-21)32(24)31(23)29)22-12-26(38-15-22)25-6-4-8-37-25/h10-11,13-16,19,25,28,33,37H,4-9,12,17-18H2,1-3H3,(H,39,40)(H,41,44)/t25-,28-,33-/m0/s1. The Morgan fingerprint density at radius 1 is 1.02 bits per heavy atom. The second-order valence-electron chi connectivity index (χ2n) is 13.4. The second kappa shape index (κ2) is 11.9. The van der Waals surface area contributed by atoms with Gasteiger partial charge < -0.3 is 34.7 Å². The molecule has 0 saturated carbocycles. The van der Waals surface area contributed by atoms with Crippen LogP contribution in [0.25, 0.3) is 28.0 Å². The minimum Gasteiger partial charge on any atom is -0.488 e. The number of methoxy groups -OCH3 is 1. The Morgan fingerprint density at radius 2 is 1.77 bits per heavy atom. The summed E-state index contributed by atoms with van der Waals surface area (Å²) in [7, 11) is 1.30. The molecule has 2 amide bonds. The summed E-state index contributed by atoms with van der Waals surface area (Å²) in [5.41, 5.74) is 9.81. The van der Waals surface area contributed by atoms with Crippen LogP contribution < -0.4 is 20.1 Å². The first kappa shape index (κ1) is 29.7. The Kier molecular flexibility index (Phi) is 7.51. The highest BCUT2D eigenvalue weighted by Gasteiger charge is 2.38. The average Bonchev–Trinajstić information content (AvgIpc) is 3.91. The number of aromatic amines is 1. The van der Waals surface area contributed by atoms with E-state index in [2.05, 4.69) is 39.9 Å². The number of hydrogen-bond acceptors (Lipinski definition) is 8. The first-order valence-corrected chi connectivity index (χ1v) is 16.7. The van der Waals surface area contributed by atoms with Crippen LogP contribution in [-0.2, 0) is 22.7 Å². The highest BCUT2D eigenvalue weighted by Crippen LogP contribution is 2.51. The number of allylic oxidation sites excluding steroid dienone is 1. The molecule has 5 aliphatic rings. The Bertz CT molecular complexity index is 1770. The van der Waals surface area contributed by atoms with Crippen molar-refractivity contribution in [3.8, 4) is 33.9 Å². The molecule has 0 radical (unpaired) electrons. The van der Waals surface area contributed by atoms with E-state index >= 15 is 0 Å². The number of H-pyrrole nitrogens is 1. The lowest BCUT2D eigenvalue weighted by Gasteiger charge is -2.30. The molecule has 47 heavy (non-hydrogen) atoms. The zero-order valence-corrected chi connectivity index (χ0v) is 27.0. The van der Waals surface area contributed by atoms with E-state index in [0.29, 0.717) is 25.8 Å². The predicted molar refractivity (Wildman–Crippen MR) is 177 cm³/mol. The minimum absolute atomic E-state index is 0.0947. The summed E-state index contributed by atoms with van der Waals surface area (Å²) in [6.45, 7) is 6.40. The van der Waals surface area contributed by atoms with Gasteiger partial charge in [0.25, 0.3) is 0 Å². The molecule has 0 unspecified atom stereocenters. The molecule has 3 aromatic rings. The van der Waals surface area contributed by atoms with E-state index in [4.69, 9.17) is 24.2 Å². The molecular weight excluding hydrogens is 596 g/mol. The summed E-state index contributed by atoms with van der Waals surface area (Å²) in [4.78, 5) is 40.4. The summed E-state index contributed by atoms with van der Waals surface area (Å²) < 4.78 is 17.6. The third kappa shape index (κ3) is 5.26. The number of nitrogens with zero attached hydrogens (tertiary/aromatic N) is 3. The molecule has 3 N–H and O–H groups in total. The molecule has 8 rings (SSSR count). The lowest BCUT2D eigenvalue weighted by molar-refractivity contribution is -0.135. The highest BCUT2D eigenvalue weighted by molar-refractivity contribution is 6.02. The summed E-state index contributed by atoms with van der Waals surface area (Å²) >= 11 is 0. The van der Waals surface area contributed by atoms with Crippen LogP contribution >= 0.6 is 0 Å². The first-order chi connectivity index (χ1) is 22.9. The van der Waals surface area contributed by atoms with Crippen molar-refractivity contribution in [1.29, 1.82) is 0 Å². The van der Waals surface area contributed by atoms with E-state index in [1.807, 2.05) is 31.1 Å². The lowest BCUT2D eigenvalue weighted by atomic mass is 9.86. The van der Waals surface area contributed by atoms with Crippen LogP contribution in [0.15, 0.2) is 41.7 Å². The van der Waals surface area contributed by atoms with Crippen LogP contribution in [0.3, 0.4) is 0 Å². The molecule has 0 aliphatic carbocycles. The monoisotopic (exact) mass is 636 g/mol. The molecule has 2 saturated heterocycles. The molecule has 2 aromatic carbocycles. The van der Waals surface area contributed by atoms with Gasteiger partial charge in [-0.15, -0.1) is 0 Å². The maximum absolute atomic E-state index is 13.6. The van der Waals surface area contributed by atoms with Gasteiger partial charge in [-0.2, -0.15) is 0 Å². The number of carbonyl (C=O) groups is 2. The van der Waals surface area contributed by atoms with Gasteiger partial charge in [-0.25, -0.2) is 9.78 Å². The van der Waals surface area contributed by atoms with E-state index in [1.54, 1.807) is 0 Å². The number of nitrogens with one attached hydrogen (secondary N) is 3. The largest absolute Gasteiger partial charge is 0.488 e. The number of aliphatic imine (C=N–C) groups is 1. The predicted octanol–water partition coefficient (Wildman–Crippen LogP) is 5.51. The van der Waals surface area contributed by atoms with Gasteiger partial charge in [0, 0.05) is 58.7 Å². The zero-order chi connectivity index (χ0) is 32.2. The Hall–Kier alpha value is -4.64. The van der Waals surface area contributed by atoms with Crippen molar-refractivity contribution < 1.29 is 23.8 Å². The van der Waals surface area contributed by atoms with E-state index in [0.717, 1.165) is 88.6 Å². The van der Waals surface area contributed by atoms with Crippen LogP contribution in [0, 0.1) is 5.92 Å². The van der Waals surface area contributed by atoms with Crippen molar-refractivity contribution in [3.05, 3.63) is 59.2 Å². The van der Waals surface area contributed by atoms with Gasteiger partial charge in [0.05, 0.1) is 25.0 Å². The number of ether oxygens (including phenoxy) is 3. The van der Waals surface area contributed by atoms with Crippen molar-refractivity contribution >= 4 is 23.3 Å². The van der Waals surface area contributed by atoms with E-state index < -0.39 is 12.1 Å². The van der Waals surface area contributed by atoms with Crippen molar-refractivity contribution in [1.82, 2.24) is 25.5 Å². The van der Waals surface area contributed by atoms with E-state index in [-0.39, 0.29) is 17.9 Å². The fraction of sp³-hybridized carbons (Fsp3) is 0.444. The van der Waals surface area contributed by atoms with Gasteiger partial charge in [0.2, 0.25) is 5.91 Å². The molecule has 5 aliphatic heterocycles. The quantitative estimate of drug-likeness (QED) is 0.312. The van der Waals surface area contributed by atoms with Gasteiger partial charge in [-0.1, -0.05) is 13.8 Å². The number of carbonyl (C=O) groups excluding carboxylic acids is 2. The maximum atomic E-state index is 13.6. The highest BCUT2D eigenvalue weighted by atomic mass is 16.5. The molecular formula is C36H40N6O5. The SMILES string of the molecule is COC(=O)N[C@H](C(=O)N1CCC[C@H]1c1ncc(-c2cc3c4c(c2)OCc2cc(C5=CN=C([C@@H]6CCCN6)C5)cc(c2-4)OC3)[nH]1)C(C)C. The van der Waals surface area contributed by atoms with Crippen molar-refractivity contribution in [3.63, 3.8) is 0 Å². The molecule has 11 heteroatoms. The van der Waals surface area contributed by atoms with Gasteiger partial charge in [-0.05, 0) is 73.5 Å². The smallest absolute Gasteiger partial charge is 0.407 e. The maximum Gasteiger partial charge on any atom is 0.407 e. The van der Waals surface area contributed by atoms with Crippen LogP contribution in [-0.4, -0.2) is 64.9 Å². The fourth-order valence-corrected chi connectivity index (χ4v) is 7.67. The molecule has 0 spiro atoms. The first-order valence-electron chi connectivity index (χ1n) is 16.7. The van der Waals surface area contributed by atoms with Crippen molar-refractivity contribution in [2.75, 3.05) is 20.2 Å². The number of hydrogen-bond donors (Lipinski definition) is 3. The molecule has 3 atom stereocenters. The Balaban J connectivity index is 1.04. The van der Waals surface area contributed by atoms with Crippen LogP contribution in [0.5, 0.6) is 11.5 Å². The second-order valence-corrected chi connectivity index (χ2v) is 13.4. The number of imidazole rings is 1. The molecule has 6 heterocycles. The Labute approximate surface area is 273 Å². The normalized spacial score (nSPS) is 21.5. The molecule has 11 nitrogen and oxygen atoms in total. The fourth-order valence-electron chi connectivity index (χ4n) is 7.67. The number of likely N-dealkylation sites (tertiary alicyclic amines) is 1. The molecule has 244 valence electrons. The van der Waals surface area contributed by atoms with E-state index in [9.17, 15) is 9.59 Å². The summed E-state index contributed by atoms with van der Waals surface area (Å²) in [6.07, 6.45) is 8.09. The Morgan fingerprint density at radius 3 is 2.47 bits per heavy atom. The number of benzene rings is 2. The van der Waals surface area contributed by atoms with Crippen LogP contribution in [0.2, 0.25) is 0 Å². The minimum atomic E-state index is -0.679. The van der Waals surface area contributed by atoms with Gasteiger partial charge in [0.15, 0.2) is 0 Å².